The minimum atomic E-state index is -4.10. The molecule has 2 aromatic carbocycles. The number of halogens is 1. The zero-order valence-corrected chi connectivity index (χ0v) is 22.9. The Morgan fingerprint density at radius 3 is 2.27 bits per heavy atom. The Kier molecular flexibility index (Phi) is 10.3. The van der Waals surface area contributed by atoms with Crippen molar-refractivity contribution in [3.8, 4) is 5.75 Å². The van der Waals surface area contributed by atoms with E-state index in [4.69, 9.17) is 16.3 Å². The Hall–Kier alpha value is -3.38. The van der Waals surface area contributed by atoms with Crippen molar-refractivity contribution in [3.05, 3.63) is 63.2 Å². The topological polar surface area (TPSA) is 139 Å². The number of nitro benzene ring substituents is 1. The molecule has 2 rings (SSSR count). The second-order valence-corrected chi connectivity index (χ2v) is 11.2. The van der Waals surface area contributed by atoms with Gasteiger partial charge in [-0.15, -0.1) is 0 Å². The van der Waals surface area contributed by atoms with Crippen molar-refractivity contribution in [1.29, 1.82) is 0 Å². The zero-order valence-electron chi connectivity index (χ0n) is 21.3. The average molecular weight is 555 g/mol. The molecule has 13 heteroatoms. The molecule has 0 aliphatic heterocycles. The van der Waals surface area contributed by atoms with E-state index in [1.807, 2.05) is 13.8 Å². The number of rotatable bonds is 12. The maximum atomic E-state index is 13.6. The van der Waals surface area contributed by atoms with Crippen LogP contribution in [-0.2, 0) is 26.2 Å². The number of anilines is 1. The van der Waals surface area contributed by atoms with Gasteiger partial charge in [0.25, 0.3) is 5.69 Å². The molecule has 0 unspecified atom stereocenters. The predicted octanol–water partition coefficient (Wildman–Crippen LogP) is 3.21. The first-order valence-electron chi connectivity index (χ1n) is 11.4. The number of carbonyl (C=O) groups is 2. The highest BCUT2D eigenvalue weighted by Gasteiger charge is 2.32. The van der Waals surface area contributed by atoms with Gasteiger partial charge in [-0.1, -0.05) is 37.6 Å². The first kappa shape index (κ1) is 29.8. The lowest BCUT2D eigenvalue weighted by atomic mass is 10.1. The van der Waals surface area contributed by atoms with E-state index in [1.54, 1.807) is 31.2 Å². The molecule has 202 valence electrons. The molecule has 1 N–H and O–H groups in total. The maximum absolute atomic E-state index is 13.6. The number of nitrogens with one attached hydrogen (secondary N) is 1. The van der Waals surface area contributed by atoms with E-state index >= 15 is 0 Å². The van der Waals surface area contributed by atoms with Crippen molar-refractivity contribution in [2.45, 2.75) is 33.4 Å². The second-order valence-electron chi connectivity index (χ2n) is 8.85. The van der Waals surface area contributed by atoms with Crippen molar-refractivity contribution >= 4 is 44.8 Å². The number of benzene rings is 2. The molecule has 0 saturated carbocycles. The Balaban J connectivity index is 2.48. The van der Waals surface area contributed by atoms with E-state index in [2.05, 4.69) is 5.32 Å². The lowest BCUT2D eigenvalue weighted by molar-refractivity contribution is -0.384. The Bertz CT molecular complexity index is 1240. The highest BCUT2D eigenvalue weighted by molar-refractivity contribution is 7.92. The number of nitro groups is 1. The van der Waals surface area contributed by atoms with Crippen molar-refractivity contribution in [2.75, 3.05) is 30.8 Å². The number of amides is 2. The van der Waals surface area contributed by atoms with Gasteiger partial charge < -0.3 is 15.0 Å². The molecule has 0 heterocycles. The summed E-state index contributed by atoms with van der Waals surface area (Å²) in [5.41, 5.74) is 0.118. The van der Waals surface area contributed by atoms with E-state index in [0.717, 1.165) is 16.6 Å². The standard InChI is InChI=1S/C24H31ClN4O7S/c1-16(2)13-26-24(31)17(3)27(14-18-6-8-19(25)9-7-18)23(30)15-28(37(5,34)35)21-12-20(29(32)33)10-11-22(21)36-4/h6-12,16-17H,13-15H2,1-5H3,(H,26,31)/t17-/m1/s1. The highest BCUT2D eigenvalue weighted by atomic mass is 35.5. The highest BCUT2D eigenvalue weighted by Crippen LogP contribution is 2.34. The van der Waals surface area contributed by atoms with Crippen molar-refractivity contribution in [3.63, 3.8) is 0 Å². The molecule has 0 aromatic heterocycles. The van der Waals surface area contributed by atoms with Gasteiger partial charge in [-0.25, -0.2) is 8.42 Å². The van der Waals surface area contributed by atoms with E-state index < -0.39 is 39.3 Å². The fourth-order valence-electron chi connectivity index (χ4n) is 3.40. The Morgan fingerprint density at radius 2 is 1.76 bits per heavy atom. The number of ether oxygens (including phenoxy) is 1. The van der Waals surface area contributed by atoms with Crippen LogP contribution in [0, 0.1) is 16.0 Å². The second kappa shape index (κ2) is 12.7. The minimum absolute atomic E-state index is 0.00403. The van der Waals surface area contributed by atoms with Gasteiger partial charge in [0.15, 0.2) is 0 Å². The van der Waals surface area contributed by atoms with Crippen LogP contribution in [0.5, 0.6) is 5.75 Å². The van der Waals surface area contributed by atoms with Gasteiger partial charge in [-0.3, -0.25) is 24.0 Å². The molecular formula is C24H31ClN4O7S. The first-order chi connectivity index (χ1) is 17.2. The van der Waals surface area contributed by atoms with Gasteiger partial charge in [0.2, 0.25) is 21.8 Å². The SMILES string of the molecule is COc1ccc([N+](=O)[O-])cc1N(CC(=O)N(Cc1ccc(Cl)cc1)[C@H](C)C(=O)NCC(C)C)S(C)(=O)=O. The summed E-state index contributed by atoms with van der Waals surface area (Å²) >= 11 is 5.97. The van der Waals surface area contributed by atoms with Crippen molar-refractivity contribution < 1.29 is 27.7 Å². The molecule has 0 aliphatic carbocycles. The summed E-state index contributed by atoms with van der Waals surface area (Å²) in [6.45, 7) is 5.08. The molecule has 37 heavy (non-hydrogen) atoms. The molecule has 2 amide bonds. The predicted molar refractivity (Wildman–Crippen MR) is 141 cm³/mol. The number of sulfonamides is 1. The van der Waals surface area contributed by atoms with Gasteiger partial charge in [0.1, 0.15) is 24.0 Å². The normalized spacial score (nSPS) is 12.1. The van der Waals surface area contributed by atoms with Crippen LogP contribution in [0.1, 0.15) is 26.3 Å². The van der Waals surface area contributed by atoms with Crippen LogP contribution >= 0.6 is 11.6 Å². The van der Waals surface area contributed by atoms with Crippen LogP contribution in [0.15, 0.2) is 42.5 Å². The number of non-ortho nitro benzene ring substituents is 1. The molecule has 1 atom stereocenters. The first-order valence-corrected chi connectivity index (χ1v) is 13.6. The number of hydrogen-bond donors (Lipinski definition) is 1. The Labute approximate surface area is 221 Å². The van der Waals surface area contributed by atoms with E-state index in [-0.39, 0.29) is 29.6 Å². The summed E-state index contributed by atoms with van der Waals surface area (Å²) in [4.78, 5) is 38.3. The fourth-order valence-corrected chi connectivity index (χ4v) is 4.37. The van der Waals surface area contributed by atoms with Crippen LogP contribution in [0.4, 0.5) is 11.4 Å². The quantitative estimate of drug-likeness (QED) is 0.314. The molecule has 0 aliphatic rings. The maximum Gasteiger partial charge on any atom is 0.271 e. The van der Waals surface area contributed by atoms with Gasteiger partial charge in [-0.05, 0) is 36.6 Å². The zero-order chi connectivity index (χ0) is 27.9. The number of carbonyl (C=O) groups excluding carboxylic acids is 2. The van der Waals surface area contributed by atoms with Crippen LogP contribution in [0.25, 0.3) is 0 Å². The van der Waals surface area contributed by atoms with Crippen LogP contribution in [0.3, 0.4) is 0 Å². The molecule has 0 bridgehead atoms. The molecule has 0 radical (unpaired) electrons. The molecule has 11 nitrogen and oxygen atoms in total. The number of nitrogens with zero attached hydrogens (tertiary/aromatic N) is 3. The van der Waals surface area contributed by atoms with Gasteiger partial charge in [-0.2, -0.15) is 0 Å². The van der Waals surface area contributed by atoms with Gasteiger partial charge in [0.05, 0.1) is 18.3 Å². The lowest BCUT2D eigenvalue weighted by Gasteiger charge is -2.32. The lowest BCUT2D eigenvalue weighted by Crippen LogP contribution is -2.51. The minimum Gasteiger partial charge on any atom is -0.495 e. The molecule has 0 saturated heterocycles. The van der Waals surface area contributed by atoms with Gasteiger partial charge in [0, 0.05) is 30.2 Å². The number of hydrogen-bond acceptors (Lipinski definition) is 7. The fraction of sp³-hybridized carbons (Fsp3) is 0.417. The Morgan fingerprint density at radius 1 is 1.14 bits per heavy atom. The largest absolute Gasteiger partial charge is 0.495 e. The summed E-state index contributed by atoms with van der Waals surface area (Å²) in [7, 11) is -2.82. The summed E-state index contributed by atoms with van der Waals surface area (Å²) in [5.74, 6) is -0.898. The average Bonchev–Trinajstić information content (AvgIpc) is 2.83. The smallest absolute Gasteiger partial charge is 0.271 e. The third-order valence-electron chi connectivity index (χ3n) is 5.44. The third kappa shape index (κ3) is 8.32. The van der Waals surface area contributed by atoms with Crippen molar-refractivity contribution in [2.24, 2.45) is 5.92 Å². The van der Waals surface area contributed by atoms with Crippen molar-refractivity contribution in [1.82, 2.24) is 10.2 Å². The molecule has 2 aromatic rings. The van der Waals surface area contributed by atoms with Crippen LogP contribution < -0.4 is 14.4 Å². The van der Waals surface area contributed by atoms with E-state index in [1.165, 1.54) is 24.1 Å². The van der Waals surface area contributed by atoms with Crippen LogP contribution in [-0.4, -0.2) is 62.6 Å². The molecule has 0 spiro atoms. The monoisotopic (exact) mass is 554 g/mol. The third-order valence-corrected chi connectivity index (χ3v) is 6.82. The molecular weight excluding hydrogens is 524 g/mol. The summed E-state index contributed by atoms with van der Waals surface area (Å²) < 4.78 is 31.4. The summed E-state index contributed by atoms with van der Waals surface area (Å²) in [5, 5.41) is 14.6. The summed E-state index contributed by atoms with van der Waals surface area (Å²) in [6.07, 6.45) is 0.876. The van der Waals surface area contributed by atoms with E-state index in [0.29, 0.717) is 17.1 Å². The summed E-state index contributed by atoms with van der Waals surface area (Å²) in [6, 6.07) is 9.16. The van der Waals surface area contributed by atoms with Gasteiger partial charge >= 0.3 is 0 Å². The van der Waals surface area contributed by atoms with E-state index in [9.17, 15) is 28.1 Å². The molecule has 0 fully saturated rings. The van der Waals surface area contributed by atoms with Crippen LogP contribution in [0.2, 0.25) is 5.02 Å². The number of methoxy groups -OCH3 is 1.